The zero-order chi connectivity index (χ0) is 19.2. The smallest absolute Gasteiger partial charge is 0.255 e. The van der Waals surface area contributed by atoms with E-state index in [2.05, 4.69) is 40.2 Å². The van der Waals surface area contributed by atoms with Crippen LogP contribution in [0.25, 0.3) is 0 Å². The Hall–Kier alpha value is -2.05. The molecular formula is C22H27N3O2S. The molecule has 0 bridgehead atoms. The molecule has 6 heteroatoms. The molecule has 1 aromatic heterocycles. The van der Waals surface area contributed by atoms with Gasteiger partial charge in [-0.1, -0.05) is 30.3 Å². The van der Waals surface area contributed by atoms with Crippen LogP contribution in [0.2, 0.25) is 0 Å². The van der Waals surface area contributed by atoms with E-state index in [1.807, 2.05) is 28.8 Å². The van der Waals surface area contributed by atoms with E-state index in [1.165, 1.54) is 5.56 Å². The van der Waals surface area contributed by atoms with Crippen molar-refractivity contribution in [2.75, 3.05) is 44.2 Å². The van der Waals surface area contributed by atoms with E-state index in [9.17, 15) is 4.79 Å². The van der Waals surface area contributed by atoms with Gasteiger partial charge in [0, 0.05) is 50.7 Å². The number of nitrogens with zero attached hydrogens (tertiary/aromatic N) is 3. The van der Waals surface area contributed by atoms with Crippen LogP contribution in [0.3, 0.4) is 0 Å². The van der Waals surface area contributed by atoms with Gasteiger partial charge in [0.25, 0.3) is 5.91 Å². The van der Waals surface area contributed by atoms with Gasteiger partial charge < -0.3 is 9.64 Å². The number of amides is 1. The van der Waals surface area contributed by atoms with E-state index in [-0.39, 0.29) is 12.0 Å². The lowest BCUT2D eigenvalue weighted by Gasteiger charge is -2.34. The van der Waals surface area contributed by atoms with Crippen molar-refractivity contribution in [1.29, 1.82) is 0 Å². The lowest BCUT2D eigenvalue weighted by atomic mass is 10.1. The van der Waals surface area contributed by atoms with Crippen molar-refractivity contribution in [1.82, 2.24) is 14.8 Å². The number of ether oxygens (including phenoxy) is 1. The van der Waals surface area contributed by atoms with E-state index >= 15 is 0 Å². The molecule has 0 radical (unpaired) electrons. The number of thioether (sulfide) groups is 1. The van der Waals surface area contributed by atoms with Gasteiger partial charge in [0.2, 0.25) is 5.88 Å². The summed E-state index contributed by atoms with van der Waals surface area (Å²) < 4.78 is 5.87. The van der Waals surface area contributed by atoms with Gasteiger partial charge in [-0.25, -0.2) is 4.98 Å². The van der Waals surface area contributed by atoms with Crippen LogP contribution in [-0.4, -0.2) is 71.0 Å². The minimum atomic E-state index is 0.0678. The van der Waals surface area contributed by atoms with E-state index < -0.39 is 0 Å². The Kier molecular flexibility index (Phi) is 6.49. The molecule has 2 aromatic rings. The molecule has 2 aliphatic heterocycles. The molecule has 2 aliphatic rings. The van der Waals surface area contributed by atoms with Gasteiger partial charge in [-0.15, -0.1) is 0 Å². The first-order valence-electron chi connectivity index (χ1n) is 10.0. The summed E-state index contributed by atoms with van der Waals surface area (Å²) in [7, 11) is 0. The fraction of sp³-hybridized carbons (Fsp3) is 0.455. The Morgan fingerprint density at radius 2 is 1.93 bits per heavy atom. The average molecular weight is 398 g/mol. The largest absolute Gasteiger partial charge is 0.473 e. The third-order valence-corrected chi connectivity index (χ3v) is 6.51. The lowest BCUT2D eigenvalue weighted by Crippen LogP contribution is -2.49. The third kappa shape index (κ3) is 5.06. The fourth-order valence-corrected chi connectivity index (χ4v) is 4.74. The quantitative estimate of drug-likeness (QED) is 0.750. The molecule has 1 aromatic carbocycles. The van der Waals surface area contributed by atoms with E-state index in [0.717, 1.165) is 57.1 Å². The van der Waals surface area contributed by atoms with Gasteiger partial charge in [-0.2, -0.15) is 11.8 Å². The van der Waals surface area contributed by atoms with Crippen LogP contribution in [-0.2, 0) is 6.42 Å². The molecule has 0 N–H and O–H groups in total. The second-order valence-corrected chi connectivity index (χ2v) is 8.51. The Balaban J connectivity index is 1.24. The number of rotatable bonds is 6. The van der Waals surface area contributed by atoms with Crippen LogP contribution in [0.5, 0.6) is 5.88 Å². The predicted octanol–water partition coefficient (Wildman–Crippen LogP) is 2.97. The first-order chi connectivity index (χ1) is 13.8. The summed E-state index contributed by atoms with van der Waals surface area (Å²) in [5, 5.41) is 0. The summed E-state index contributed by atoms with van der Waals surface area (Å²) in [6.45, 7) is 4.43. The molecule has 1 amide bonds. The number of hydrogen-bond donors (Lipinski definition) is 0. The molecule has 4 rings (SSSR count). The van der Waals surface area contributed by atoms with Crippen LogP contribution in [0.15, 0.2) is 48.7 Å². The molecule has 28 heavy (non-hydrogen) atoms. The minimum Gasteiger partial charge on any atom is -0.473 e. The van der Waals surface area contributed by atoms with Crippen LogP contribution in [0.4, 0.5) is 0 Å². The molecule has 0 aliphatic carbocycles. The fourth-order valence-electron chi connectivity index (χ4n) is 3.64. The standard InChI is InChI=1S/C22H27N3O2S/c26-22(19-6-7-21(23-16-19)27-20-9-15-28-17-20)25-13-11-24(12-14-25)10-8-18-4-2-1-3-5-18/h1-7,16,20H,8-15,17H2. The van der Waals surface area contributed by atoms with Gasteiger partial charge >= 0.3 is 0 Å². The van der Waals surface area contributed by atoms with Gasteiger partial charge in [-0.05, 0) is 30.2 Å². The van der Waals surface area contributed by atoms with Crippen molar-refractivity contribution in [2.24, 2.45) is 0 Å². The normalized spacial score (nSPS) is 20.3. The summed E-state index contributed by atoms with van der Waals surface area (Å²) in [4.78, 5) is 21.5. The zero-order valence-electron chi connectivity index (χ0n) is 16.1. The van der Waals surface area contributed by atoms with Crippen LogP contribution >= 0.6 is 11.8 Å². The maximum atomic E-state index is 12.8. The number of benzene rings is 1. The van der Waals surface area contributed by atoms with E-state index in [0.29, 0.717) is 11.4 Å². The Morgan fingerprint density at radius 1 is 1.11 bits per heavy atom. The summed E-state index contributed by atoms with van der Waals surface area (Å²) in [5.74, 6) is 2.86. The highest BCUT2D eigenvalue weighted by atomic mass is 32.2. The molecule has 0 saturated carbocycles. The molecule has 1 unspecified atom stereocenters. The van der Waals surface area contributed by atoms with Gasteiger partial charge in [0.1, 0.15) is 6.10 Å². The molecule has 2 fully saturated rings. The lowest BCUT2D eigenvalue weighted by molar-refractivity contribution is 0.0638. The topological polar surface area (TPSA) is 45.7 Å². The van der Waals surface area contributed by atoms with Crippen LogP contribution < -0.4 is 4.74 Å². The minimum absolute atomic E-state index is 0.0678. The summed E-state index contributed by atoms with van der Waals surface area (Å²) in [6.07, 6.45) is 4.03. The van der Waals surface area contributed by atoms with Gasteiger partial charge in [0.05, 0.1) is 5.56 Å². The molecular weight excluding hydrogens is 370 g/mol. The van der Waals surface area contributed by atoms with E-state index in [1.54, 1.807) is 6.20 Å². The third-order valence-electron chi connectivity index (χ3n) is 5.38. The SMILES string of the molecule is O=C(c1ccc(OC2CCSC2)nc1)N1CCN(CCc2ccccc2)CC1. The predicted molar refractivity (Wildman–Crippen MR) is 113 cm³/mol. The number of piperazine rings is 1. The van der Waals surface area contributed by atoms with Crippen LogP contribution in [0.1, 0.15) is 22.3 Å². The molecule has 148 valence electrons. The Labute approximate surface area is 171 Å². The van der Waals surface area contributed by atoms with Crippen molar-refractivity contribution in [3.05, 3.63) is 59.8 Å². The number of carbonyl (C=O) groups excluding carboxylic acids is 1. The number of aromatic nitrogens is 1. The van der Waals surface area contributed by atoms with Gasteiger partial charge in [0.15, 0.2) is 0 Å². The van der Waals surface area contributed by atoms with Crippen molar-refractivity contribution in [3.8, 4) is 5.88 Å². The summed E-state index contributed by atoms with van der Waals surface area (Å²) in [5.41, 5.74) is 2.01. The van der Waals surface area contributed by atoms with Crippen molar-refractivity contribution in [3.63, 3.8) is 0 Å². The van der Waals surface area contributed by atoms with E-state index in [4.69, 9.17) is 4.74 Å². The second kappa shape index (κ2) is 9.43. The average Bonchev–Trinajstić information content (AvgIpc) is 3.26. The first-order valence-corrected chi connectivity index (χ1v) is 11.2. The maximum Gasteiger partial charge on any atom is 0.255 e. The van der Waals surface area contributed by atoms with Crippen LogP contribution in [0, 0.1) is 0 Å². The second-order valence-electron chi connectivity index (χ2n) is 7.36. The monoisotopic (exact) mass is 397 g/mol. The van der Waals surface area contributed by atoms with Crippen molar-refractivity contribution >= 4 is 17.7 Å². The Bertz CT molecular complexity index is 755. The molecule has 1 atom stereocenters. The highest BCUT2D eigenvalue weighted by Crippen LogP contribution is 2.22. The molecule has 0 spiro atoms. The molecule has 2 saturated heterocycles. The highest BCUT2D eigenvalue weighted by Gasteiger charge is 2.23. The highest BCUT2D eigenvalue weighted by molar-refractivity contribution is 7.99. The number of pyridine rings is 1. The number of hydrogen-bond acceptors (Lipinski definition) is 5. The first kappa shape index (κ1) is 19.3. The Morgan fingerprint density at radius 3 is 2.61 bits per heavy atom. The van der Waals surface area contributed by atoms with Crippen molar-refractivity contribution < 1.29 is 9.53 Å². The zero-order valence-corrected chi connectivity index (χ0v) is 16.9. The molecule has 3 heterocycles. The molecule has 5 nitrogen and oxygen atoms in total. The van der Waals surface area contributed by atoms with Crippen molar-refractivity contribution in [2.45, 2.75) is 18.9 Å². The van der Waals surface area contributed by atoms with Gasteiger partial charge in [-0.3, -0.25) is 9.69 Å². The maximum absolute atomic E-state index is 12.8. The summed E-state index contributed by atoms with van der Waals surface area (Å²) in [6, 6.07) is 14.2. The summed E-state index contributed by atoms with van der Waals surface area (Å²) >= 11 is 1.91. The number of carbonyl (C=O) groups is 1.